The van der Waals surface area contributed by atoms with E-state index in [-0.39, 0.29) is 36.4 Å². The van der Waals surface area contributed by atoms with Crippen LogP contribution in [0, 0.1) is 12.7 Å². The van der Waals surface area contributed by atoms with Gasteiger partial charge in [0.25, 0.3) is 5.91 Å². The molecule has 1 amide bonds. The second-order valence-corrected chi connectivity index (χ2v) is 5.77. The maximum Gasteiger partial charge on any atom is 0.255 e. The molecule has 0 bridgehead atoms. The monoisotopic (exact) mass is 486 g/mol. The Morgan fingerprint density at radius 1 is 1.15 bits per heavy atom. The Morgan fingerprint density at radius 3 is 2.41 bits per heavy atom. The molecule has 0 spiro atoms. The minimum absolute atomic E-state index is 0. The highest BCUT2D eigenvalue weighted by Crippen LogP contribution is 2.13. The zero-order valence-corrected chi connectivity index (χ0v) is 17.6. The molecule has 0 aliphatic rings. The summed E-state index contributed by atoms with van der Waals surface area (Å²) in [5, 5.41) is 6.37. The minimum Gasteiger partial charge on any atom is -0.484 e. The number of rotatable bonds is 7. The molecule has 27 heavy (non-hydrogen) atoms. The van der Waals surface area contributed by atoms with Crippen LogP contribution in [0.4, 0.5) is 4.39 Å². The number of benzene rings is 2. The van der Waals surface area contributed by atoms with Gasteiger partial charge in [-0.25, -0.2) is 4.39 Å². The lowest BCUT2D eigenvalue weighted by Gasteiger charge is -2.13. The molecule has 4 N–H and O–H groups in total. The molecule has 0 atom stereocenters. The third-order valence-electron chi connectivity index (χ3n) is 3.65. The number of guanidine groups is 1. The predicted octanol–water partition coefficient (Wildman–Crippen LogP) is 2.48. The van der Waals surface area contributed by atoms with Crippen LogP contribution in [0.15, 0.2) is 47.5 Å². The number of primary amides is 1. The third-order valence-corrected chi connectivity index (χ3v) is 3.65. The van der Waals surface area contributed by atoms with Crippen molar-refractivity contribution in [3.8, 4) is 5.75 Å². The van der Waals surface area contributed by atoms with Gasteiger partial charge in [0.05, 0.1) is 0 Å². The first-order chi connectivity index (χ1) is 12.5. The Morgan fingerprint density at radius 2 is 1.81 bits per heavy atom. The number of amides is 1. The van der Waals surface area contributed by atoms with E-state index in [1.165, 1.54) is 6.07 Å². The quantitative estimate of drug-likeness (QED) is 0.319. The number of hydrogen-bond donors (Lipinski definition) is 3. The van der Waals surface area contributed by atoms with Crippen LogP contribution in [0.1, 0.15) is 16.7 Å². The highest BCUT2D eigenvalue weighted by atomic mass is 127. The number of halogens is 2. The average Bonchev–Trinajstić information content (AvgIpc) is 2.63. The van der Waals surface area contributed by atoms with Crippen molar-refractivity contribution in [1.29, 1.82) is 0 Å². The molecule has 0 radical (unpaired) electrons. The topological polar surface area (TPSA) is 88.7 Å². The molecule has 0 saturated carbocycles. The van der Waals surface area contributed by atoms with E-state index in [1.807, 2.05) is 18.2 Å². The summed E-state index contributed by atoms with van der Waals surface area (Å²) in [7, 11) is 1.68. The number of hydrogen-bond acceptors (Lipinski definition) is 3. The van der Waals surface area contributed by atoms with Crippen molar-refractivity contribution in [3.05, 3.63) is 65.0 Å². The number of carbonyl (C=O) groups is 1. The SMILES string of the molecule is CN=C(NCc1cccc(OCC(N)=O)c1)NCc1ccc(F)c(C)c1.I. The smallest absolute Gasteiger partial charge is 0.255 e. The highest BCUT2D eigenvalue weighted by molar-refractivity contribution is 14.0. The standard InChI is InChI=1S/C19H23FN4O2.HI/c1-13-8-15(6-7-17(13)20)11-24-19(22-2)23-10-14-4-3-5-16(9-14)26-12-18(21)25;/h3-9H,10-12H2,1-2H3,(H2,21,25)(H2,22,23,24);1H. The molecule has 2 aromatic rings. The van der Waals surface area contributed by atoms with Crippen LogP contribution in [-0.2, 0) is 17.9 Å². The van der Waals surface area contributed by atoms with Crippen LogP contribution in [0.2, 0.25) is 0 Å². The van der Waals surface area contributed by atoms with Crippen molar-refractivity contribution in [1.82, 2.24) is 10.6 Å². The van der Waals surface area contributed by atoms with Crippen molar-refractivity contribution < 1.29 is 13.9 Å². The molecule has 0 fully saturated rings. The van der Waals surface area contributed by atoms with E-state index in [9.17, 15) is 9.18 Å². The van der Waals surface area contributed by atoms with E-state index >= 15 is 0 Å². The van der Waals surface area contributed by atoms with Crippen molar-refractivity contribution in [2.75, 3.05) is 13.7 Å². The van der Waals surface area contributed by atoms with Crippen molar-refractivity contribution in [2.45, 2.75) is 20.0 Å². The molecule has 2 aromatic carbocycles. The molecular weight excluding hydrogens is 462 g/mol. The van der Waals surface area contributed by atoms with E-state index < -0.39 is 5.91 Å². The fraction of sp³-hybridized carbons (Fsp3) is 0.263. The Hall–Kier alpha value is -2.36. The second kappa shape index (κ2) is 11.4. The van der Waals surface area contributed by atoms with Crippen LogP contribution in [0.5, 0.6) is 5.75 Å². The van der Waals surface area contributed by atoms with Crippen LogP contribution >= 0.6 is 24.0 Å². The summed E-state index contributed by atoms with van der Waals surface area (Å²) in [6.07, 6.45) is 0. The van der Waals surface area contributed by atoms with Crippen molar-refractivity contribution >= 4 is 35.8 Å². The van der Waals surface area contributed by atoms with Crippen LogP contribution in [0.25, 0.3) is 0 Å². The van der Waals surface area contributed by atoms with Gasteiger partial charge in [0.15, 0.2) is 12.6 Å². The van der Waals surface area contributed by atoms with Crippen molar-refractivity contribution in [3.63, 3.8) is 0 Å². The first-order valence-electron chi connectivity index (χ1n) is 8.17. The number of aliphatic imine (C=N–C) groups is 1. The number of aryl methyl sites for hydroxylation is 1. The summed E-state index contributed by atoms with van der Waals surface area (Å²) in [6.45, 7) is 2.63. The third kappa shape index (κ3) is 7.81. The molecule has 0 aliphatic heterocycles. The van der Waals surface area contributed by atoms with Gasteiger partial charge in [-0.15, -0.1) is 24.0 Å². The fourth-order valence-electron chi connectivity index (χ4n) is 2.31. The van der Waals surface area contributed by atoms with Crippen LogP contribution in [0.3, 0.4) is 0 Å². The van der Waals surface area contributed by atoms with E-state index in [0.717, 1.165) is 11.1 Å². The first-order valence-corrected chi connectivity index (χ1v) is 8.17. The Kier molecular flexibility index (Phi) is 9.55. The van der Waals surface area contributed by atoms with E-state index in [0.29, 0.717) is 30.4 Å². The number of nitrogens with one attached hydrogen (secondary N) is 2. The lowest BCUT2D eigenvalue weighted by molar-refractivity contribution is -0.119. The van der Waals surface area contributed by atoms with Gasteiger partial charge in [-0.3, -0.25) is 9.79 Å². The summed E-state index contributed by atoms with van der Waals surface area (Å²) in [4.78, 5) is 14.9. The Bertz CT molecular complexity index is 799. The number of nitrogens with two attached hydrogens (primary N) is 1. The lowest BCUT2D eigenvalue weighted by atomic mass is 10.1. The van der Waals surface area contributed by atoms with E-state index in [4.69, 9.17) is 10.5 Å². The molecule has 6 nitrogen and oxygen atoms in total. The van der Waals surface area contributed by atoms with Gasteiger partial charge < -0.3 is 21.1 Å². The molecule has 146 valence electrons. The lowest BCUT2D eigenvalue weighted by Crippen LogP contribution is -2.36. The second-order valence-electron chi connectivity index (χ2n) is 5.77. The summed E-state index contributed by atoms with van der Waals surface area (Å²) in [5.74, 6) is 0.465. The predicted molar refractivity (Wildman–Crippen MR) is 115 cm³/mol. The summed E-state index contributed by atoms with van der Waals surface area (Å²) in [5.41, 5.74) is 7.62. The molecule has 0 aromatic heterocycles. The summed E-state index contributed by atoms with van der Waals surface area (Å²) in [6, 6.07) is 12.4. The Balaban J connectivity index is 0.00000364. The average molecular weight is 486 g/mol. The van der Waals surface area contributed by atoms with Crippen LogP contribution < -0.4 is 21.1 Å². The van der Waals surface area contributed by atoms with Gasteiger partial charge in [0.2, 0.25) is 0 Å². The summed E-state index contributed by atoms with van der Waals surface area (Å²) >= 11 is 0. The summed E-state index contributed by atoms with van der Waals surface area (Å²) < 4.78 is 18.6. The van der Waals surface area contributed by atoms with Gasteiger partial charge in [-0.05, 0) is 41.8 Å². The molecule has 0 aliphatic carbocycles. The van der Waals surface area contributed by atoms with Crippen molar-refractivity contribution in [2.24, 2.45) is 10.7 Å². The zero-order valence-electron chi connectivity index (χ0n) is 15.3. The molecule has 8 heteroatoms. The fourth-order valence-corrected chi connectivity index (χ4v) is 2.31. The molecule has 0 saturated heterocycles. The number of carbonyl (C=O) groups excluding carboxylic acids is 1. The minimum atomic E-state index is -0.519. The van der Waals surface area contributed by atoms with E-state index in [1.54, 1.807) is 32.2 Å². The molecule has 0 heterocycles. The van der Waals surface area contributed by atoms with Gasteiger partial charge >= 0.3 is 0 Å². The maximum absolute atomic E-state index is 13.3. The molecule has 0 unspecified atom stereocenters. The van der Waals surface area contributed by atoms with Gasteiger partial charge in [0, 0.05) is 20.1 Å². The highest BCUT2D eigenvalue weighted by Gasteiger charge is 2.03. The van der Waals surface area contributed by atoms with Gasteiger partial charge in [0.1, 0.15) is 11.6 Å². The van der Waals surface area contributed by atoms with Gasteiger partial charge in [-0.2, -0.15) is 0 Å². The largest absolute Gasteiger partial charge is 0.484 e. The normalized spacial score (nSPS) is 10.7. The molecular formula is C19H24FIN4O2. The molecule has 2 rings (SSSR count). The maximum atomic E-state index is 13.3. The van der Waals surface area contributed by atoms with Crippen LogP contribution in [-0.4, -0.2) is 25.5 Å². The first kappa shape index (κ1) is 22.7. The number of nitrogens with zero attached hydrogens (tertiary/aromatic N) is 1. The van der Waals surface area contributed by atoms with Gasteiger partial charge in [-0.1, -0.05) is 24.3 Å². The number of ether oxygens (including phenoxy) is 1. The van der Waals surface area contributed by atoms with E-state index in [2.05, 4.69) is 15.6 Å². The Labute approximate surface area is 175 Å². The zero-order chi connectivity index (χ0) is 18.9.